The molecule has 0 N–H and O–H groups in total. The van der Waals surface area contributed by atoms with Crippen LogP contribution in [0.3, 0.4) is 0 Å². The van der Waals surface area contributed by atoms with E-state index in [4.69, 9.17) is 9.26 Å². The van der Waals surface area contributed by atoms with E-state index in [1.165, 1.54) is 7.05 Å². The Labute approximate surface area is 136 Å². The second-order valence-corrected chi connectivity index (χ2v) is 5.95. The van der Waals surface area contributed by atoms with Crippen molar-refractivity contribution in [2.45, 2.75) is 31.5 Å². The highest BCUT2D eigenvalue weighted by Crippen LogP contribution is 2.43. The largest absolute Gasteiger partial charge is 0.456 e. The minimum absolute atomic E-state index is 0.138. The van der Waals surface area contributed by atoms with E-state index >= 15 is 0 Å². The van der Waals surface area contributed by atoms with Crippen LogP contribution in [-0.4, -0.2) is 20.9 Å². The van der Waals surface area contributed by atoms with Crippen molar-refractivity contribution in [3.8, 4) is 0 Å². The molecule has 0 atom stereocenters. The number of rotatable bonds is 4. The molecule has 0 aromatic carbocycles. The van der Waals surface area contributed by atoms with Gasteiger partial charge in [0, 0.05) is 19.0 Å². The monoisotopic (exact) mass is 393 g/mol. The van der Waals surface area contributed by atoms with E-state index in [-0.39, 0.29) is 18.2 Å². The summed E-state index contributed by atoms with van der Waals surface area (Å²) in [4.78, 5) is 12.0. The van der Waals surface area contributed by atoms with Crippen molar-refractivity contribution in [3.63, 3.8) is 0 Å². The lowest BCUT2D eigenvalue weighted by atomic mass is 10.2. The number of ether oxygens (including phenoxy) is 1. The summed E-state index contributed by atoms with van der Waals surface area (Å²) in [5.41, 5.74) is -0.825. The fourth-order valence-electron chi connectivity index (χ4n) is 2.11. The van der Waals surface area contributed by atoms with Gasteiger partial charge in [-0.2, -0.15) is 18.3 Å². The van der Waals surface area contributed by atoms with Crippen molar-refractivity contribution in [2.75, 3.05) is 0 Å². The lowest BCUT2D eigenvalue weighted by molar-refractivity contribution is -0.141. The molecular weight excluding hydrogens is 383 g/mol. The maximum atomic E-state index is 12.6. The van der Waals surface area contributed by atoms with Crippen LogP contribution >= 0.6 is 15.9 Å². The number of alkyl halides is 3. The molecule has 10 heteroatoms. The number of carbonyl (C=O) groups excluding carboxylic acids is 1. The zero-order valence-corrected chi connectivity index (χ0v) is 13.4. The number of hydrogen-bond acceptors (Lipinski definition) is 5. The summed E-state index contributed by atoms with van der Waals surface area (Å²) in [5, 5.41) is 7.04. The Morgan fingerprint density at radius 3 is 2.78 bits per heavy atom. The lowest BCUT2D eigenvalue weighted by Crippen LogP contribution is -2.11. The second-order valence-electron chi connectivity index (χ2n) is 5.20. The maximum Gasteiger partial charge on any atom is 0.435 e. The van der Waals surface area contributed by atoms with Crippen LogP contribution in [0.25, 0.3) is 0 Å². The van der Waals surface area contributed by atoms with Gasteiger partial charge in [0.15, 0.2) is 10.3 Å². The van der Waals surface area contributed by atoms with Crippen LogP contribution in [0.15, 0.2) is 15.2 Å². The molecule has 0 spiro atoms. The standard InChI is InChI=1S/C13H11BrF3N3O3/c1-20-8(4-9(18-20)13(15,16)17)12(21)22-5-7-10(6-2-3-6)23-19-11(7)14/h4,6H,2-3,5H2,1H3. The van der Waals surface area contributed by atoms with Gasteiger partial charge in [-0.25, -0.2) is 4.79 Å². The summed E-state index contributed by atoms with van der Waals surface area (Å²) < 4.78 is 49.3. The molecule has 0 bridgehead atoms. The molecule has 0 saturated heterocycles. The van der Waals surface area contributed by atoms with Crippen LogP contribution in [0.5, 0.6) is 0 Å². The van der Waals surface area contributed by atoms with Gasteiger partial charge < -0.3 is 9.26 Å². The van der Waals surface area contributed by atoms with Crippen LogP contribution < -0.4 is 0 Å². The Bertz CT molecular complexity index is 749. The van der Waals surface area contributed by atoms with Gasteiger partial charge in [-0.15, -0.1) is 0 Å². The fourth-order valence-corrected chi connectivity index (χ4v) is 2.49. The van der Waals surface area contributed by atoms with Gasteiger partial charge in [0.05, 0.1) is 5.56 Å². The maximum absolute atomic E-state index is 12.6. The van der Waals surface area contributed by atoms with E-state index in [2.05, 4.69) is 26.2 Å². The second kappa shape index (κ2) is 5.66. The summed E-state index contributed by atoms with van der Waals surface area (Å²) in [6, 6.07) is 0.660. The average Bonchev–Trinajstić information content (AvgIpc) is 3.12. The fraction of sp³-hybridized carbons (Fsp3) is 0.462. The van der Waals surface area contributed by atoms with E-state index in [0.29, 0.717) is 22.0 Å². The Balaban J connectivity index is 1.73. The molecule has 0 unspecified atom stereocenters. The van der Waals surface area contributed by atoms with E-state index in [1.54, 1.807) is 0 Å². The van der Waals surface area contributed by atoms with Crippen molar-refractivity contribution in [3.05, 3.63) is 33.4 Å². The van der Waals surface area contributed by atoms with Crippen molar-refractivity contribution < 1.29 is 27.2 Å². The summed E-state index contributed by atoms with van der Waals surface area (Å²) in [5.74, 6) is 0.00652. The highest BCUT2D eigenvalue weighted by atomic mass is 79.9. The summed E-state index contributed by atoms with van der Waals surface area (Å²) >= 11 is 3.20. The molecule has 23 heavy (non-hydrogen) atoms. The molecule has 124 valence electrons. The van der Waals surface area contributed by atoms with Gasteiger partial charge in [-0.1, -0.05) is 5.16 Å². The molecule has 0 radical (unpaired) electrons. The van der Waals surface area contributed by atoms with Crippen LogP contribution in [0, 0.1) is 0 Å². The third-order valence-corrected chi connectivity index (χ3v) is 4.07. The molecule has 2 heterocycles. The Hall–Kier alpha value is -1.84. The molecule has 1 aliphatic rings. The van der Waals surface area contributed by atoms with Crippen molar-refractivity contribution in [1.29, 1.82) is 0 Å². The van der Waals surface area contributed by atoms with Gasteiger partial charge >= 0.3 is 12.1 Å². The number of aryl methyl sites for hydroxylation is 1. The van der Waals surface area contributed by atoms with Crippen LogP contribution in [-0.2, 0) is 24.6 Å². The molecule has 6 nitrogen and oxygen atoms in total. The van der Waals surface area contributed by atoms with Gasteiger partial charge in [-0.3, -0.25) is 4.68 Å². The Morgan fingerprint density at radius 1 is 1.52 bits per heavy atom. The van der Waals surface area contributed by atoms with Crippen LogP contribution in [0.2, 0.25) is 0 Å². The highest BCUT2D eigenvalue weighted by Gasteiger charge is 2.36. The normalized spacial score (nSPS) is 15.0. The van der Waals surface area contributed by atoms with E-state index < -0.39 is 17.8 Å². The van der Waals surface area contributed by atoms with Crippen LogP contribution in [0.1, 0.15) is 46.3 Å². The summed E-state index contributed by atoms with van der Waals surface area (Å²) in [7, 11) is 1.25. The smallest absolute Gasteiger partial charge is 0.435 e. The van der Waals surface area contributed by atoms with Gasteiger partial charge in [0.1, 0.15) is 18.1 Å². The molecule has 0 aliphatic heterocycles. The first kappa shape index (κ1) is 16.0. The summed E-state index contributed by atoms with van der Waals surface area (Å²) in [6.07, 6.45) is -2.68. The Kier molecular flexibility index (Phi) is 3.95. The topological polar surface area (TPSA) is 70.2 Å². The van der Waals surface area contributed by atoms with Gasteiger partial charge in [0.2, 0.25) is 0 Å². The summed E-state index contributed by atoms with van der Waals surface area (Å²) in [6.45, 7) is -0.138. The predicted octanol–water partition coefficient (Wildman–Crippen LogP) is 3.42. The molecular formula is C13H11BrF3N3O3. The van der Waals surface area contributed by atoms with Gasteiger partial charge in [-0.05, 0) is 28.8 Å². The van der Waals surface area contributed by atoms with E-state index in [0.717, 1.165) is 17.5 Å². The quantitative estimate of drug-likeness (QED) is 0.744. The van der Waals surface area contributed by atoms with Gasteiger partial charge in [0.25, 0.3) is 0 Å². The third-order valence-electron chi connectivity index (χ3n) is 3.45. The first-order valence-electron chi connectivity index (χ1n) is 6.69. The predicted molar refractivity (Wildman–Crippen MR) is 73.5 cm³/mol. The SMILES string of the molecule is Cn1nc(C(F)(F)F)cc1C(=O)OCc1c(Br)noc1C1CC1. The van der Waals surface area contributed by atoms with E-state index in [9.17, 15) is 18.0 Å². The molecule has 3 rings (SSSR count). The van der Waals surface area contributed by atoms with Crippen molar-refractivity contribution in [1.82, 2.24) is 14.9 Å². The molecule has 2 aromatic heterocycles. The minimum atomic E-state index is -4.62. The number of esters is 1. The van der Waals surface area contributed by atoms with E-state index in [1.807, 2.05) is 0 Å². The first-order chi connectivity index (χ1) is 10.8. The molecule has 1 saturated carbocycles. The molecule has 0 amide bonds. The van der Waals surface area contributed by atoms with Crippen molar-refractivity contribution in [2.24, 2.45) is 7.05 Å². The number of carbonyl (C=O) groups is 1. The minimum Gasteiger partial charge on any atom is -0.456 e. The average molecular weight is 394 g/mol. The number of hydrogen-bond donors (Lipinski definition) is 0. The molecule has 2 aromatic rings. The lowest BCUT2D eigenvalue weighted by Gasteiger charge is -2.04. The van der Waals surface area contributed by atoms with Crippen molar-refractivity contribution >= 4 is 21.9 Å². The third kappa shape index (κ3) is 3.26. The zero-order chi connectivity index (χ0) is 16.8. The first-order valence-corrected chi connectivity index (χ1v) is 7.49. The number of halogens is 4. The highest BCUT2D eigenvalue weighted by molar-refractivity contribution is 9.10. The number of nitrogens with zero attached hydrogens (tertiary/aromatic N) is 3. The van der Waals surface area contributed by atoms with Crippen LogP contribution in [0.4, 0.5) is 13.2 Å². The Morgan fingerprint density at radius 2 is 2.22 bits per heavy atom. The zero-order valence-electron chi connectivity index (χ0n) is 11.9. The number of aromatic nitrogens is 3. The molecule has 1 fully saturated rings. The molecule has 1 aliphatic carbocycles.